The molecule has 0 spiro atoms. The molecule has 2 amide bonds. The first-order valence-corrected chi connectivity index (χ1v) is 12.2. The predicted octanol–water partition coefficient (Wildman–Crippen LogP) is 6.61. The summed E-state index contributed by atoms with van der Waals surface area (Å²) >= 11 is 0. The van der Waals surface area contributed by atoms with E-state index < -0.39 is 0 Å². The van der Waals surface area contributed by atoms with Crippen molar-refractivity contribution in [2.75, 3.05) is 10.6 Å². The first kappa shape index (κ1) is 24.7. The minimum absolute atomic E-state index is 0.0332. The van der Waals surface area contributed by atoms with E-state index in [-0.39, 0.29) is 18.2 Å². The van der Waals surface area contributed by atoms with Crippen molar-refractivity contribution in [1.82, 2.24) is 14.8 Å². The highest BCUT2D eigenvalue weighted by atomic mass is 16.5. The van der Waals surface area contributed by atoms with Crippen molar-refractivity contribution in [1.29, 1.82) is 0 Å². The molecule has 0 saturated carbocycles. The topological polar surface area (TPSA) is 98.1 Å². The van der Waals surface area contributed by atoms with Gasteiger partial charge < -0.3 is 10.1 Å². The van der Waals surface area contributed by atoms with Gasteiger partial charge in [0.05, 0.1) is 22.8 Å². The van der Waals surface area contributed by atoms with Gasteiger partial charge in [0.1, 0.15) is 23.1 Å². The zero-order valence-electron chi connectivity index (χ0n) is 21.4. The maximum atomic E-state index is 13.0. The molecule has 0 aliphatic carbocycles. The number of nitrogens with zero attached hydrogens (tertiary/aromatic N) is 3. The van der Waals surface area contributed by atoms with Crippen LogP contribution in [0.15, 0.2) is 85.1 Å². The molecule has 0 aliphatic rings. The van der Waals surface area contributed by atoms with Crippen LogP contribution in [0.25, 0.3) is 16.5 Å². The molecule has 2 aromatic heterocycles. The lowest BCUT2D eigenvalue weighted by Gasteiger charge is -2.14. The van der Waals surface area contributed by atoms with Crippen LogP contribution in [0.1, 0.15) is 23.9 Å². The Morgan fingerprint density at radius 3 is 2.42 bits per heavy atom. The van der Waals surface area contributed by atoms with Crippen molar-refractivity contribution < 1.29 is 14.3 Å². The van der Waals surface area contributed by atoms with E-state index in [9.17, 15) is 9.59 Å². The number of Topliss-reactive ketones (excluding diaryl/α,β-unsaturated/α-hetero) is 1. The highest BCUT2D eigenvalue weighted by molar-refractivity contribution is 6.07. The molecule has 2 N–H and O–H groups in total. The van der Waals surface area contributed by atoms with Gasteiger partial charge in [0, 0.05) is 35.5 Å². The third kappa shape index (κ3) is 5.54. The third-order valence-corrected chi connectivity index (χ3v) is 5.93. The van der Waals surface area contributed by atoms with Crippen molar-refractivity contribution >= 4 is 34.1 Å². The van der Waals surface area contributed by atoms with E-state index in [0.29, 0.717) is 28.7 Å². The Bertz CT molecular complexity index is 1640. The van der Waals surface area contributed by atoms with Crippen molar-refractivity contribution in [2.24, 2.45) is 0 Å². The number of hydrogen-bond acceptors (Lipinski definition) is 5. The average Bonchev–Trinajstić information content (AvgIpc) is 3.25. The number of fused-ring (bicyclic) bond motifs is 1. The number of ketones is 1. The van der Waals surface area contributed by atoms with Gasteiger partial charge in [-0.25, -0.2) is 9.48 Å². The molecule has 190 valence electrons. The molecule has 0 fully saturated rings. The summed E-state index contributed by atoms with van der Waals surface area (Å²) in [4.78, 5) is 28.8. The molecular formula is C30H27N5O3. The Morgan fingerprint density at radius 2 is 1.66 bits per heavy atom. The molecule has 0 bridgehead atoms. The molecule has 0 unspecified atom stereocenters. The fourth-order valence-corrected chi connectivity index (χ4v) is 4.21. The van der Waals surface area contributed by atoms with Gasteiger partial charge in [0.2, 0.25) is 0 Å². The second-order valence-corrected chi connectivity index (χ2v) is 9.12. The van der Waals surface area contributed by atoms with Gasteiger partial charge in [-0.2, -0.15) is 5.10 Å². The summed E-state index contributed by atoms with van der Waals surface area (Å²) < 4.78 is 7.86. The number of pyridine rings is 1. The third-order valence-electron chi connectivity index (χ3n) is 5.93. The zero-order valence-corrected chi connectivity index (χ0v) is 21.4. The van der Waals surface area contributed by atoms with E-state index in [1.807, 2.05) is 74.5 Å². The van der Waals surface area contributed by atoms with Crippen LogP contribution < -0.4 is 15.4 Å². The Labute approximate surface area is 220 Å². The maximum Gasteiger partial charge on any atom is 0.324 e. The van der Waals surface area contributed by atoms with Gasteiger partial charge in [0.25, 0.3) is 0 Å². The smallest absolute Gasteiger partial charge is 0.324 e. The van der Waals surface area contributed by atoms with Gasteiger partial charge in [-0.05, 0) is 51.1 Å². The second-order valence-electron chi connectivity index (χ2n) is 9.12. The summed E-state index contributed by atoms with van der Waals surface area (Å²) in [7, 11) is 0. The standard InChI is InChI=1S/C30H27N5O3/c1-19-8-10-23(11-9-19)35-29(16-20(2)34-35)33-30(37)32-27-12-13-28(26-7-5-4-6-25(26)27)38-24-14-15-31-22(18-24)17-21(3)36/h4-16,18H,17H2,1-3H3,(H2,32,33,37). The Balaban J connectivity index is 1.38. The molecule has 3 aromatic carbocycles. The number of rotatable bonds is 7. The molecule has 0 saturated heterocycles. The van der Waals surface area contributed by atoms with Crippen LogP contribution in [0.5, 0.6) is 11.5 Å². The van der Waals surface area contributed by atoms with E-state index in [4.69, 9.17) is 4.74 Å². The molecule has 38 heavy (non-hydrogen) atoms. The molecule has 0 atom stereocenters. The number of benzene rings is 3. The minimum Gasteiger partial charge on any atom is -0.457 e. The largest absolute Gasteiger partial charge is 0.457 e. The summed E-state index contributed by atoms with van der Waals surface area (Å²) in [5.74, 6) is 1.80. The number of carbonyl (C=O) groups excluding carboxylic acids is 2. The van der Waals surface area contributed by atoms with Gasteiger partial charge in [0.15, 0.2) is 0 Å². The van der Waals surface area contributed by atoms with Crippen molar-refractivity contribution in [2.45, 2.75) is 27.2 Å². The number of nitrogens with one attached hydrogen (secondary N) is 2. The lowest BCUT2D eigenvalue weighted by molar-refractivity contribution is -0.116. The van der Waals surface area contributed by atoms with Crippen LogP contribution in [0, 0.1) is 13.8 Å². The van der Waals surface area contributed by atoms with Crippen LogP contribution in [0.4, 0.5) is 16.3 Å². The Morgan fingerprint density at radius 1 is 0.895 bits per heavy atom. The number of hydrogen-bond donors (Lipinski definition) is 2. The zero-order chi connectivity index (χ0) is 26.6. The van der Waals surface area contributed by atoms with E-state index in [0.717, 1.165) is 27.7 Å². The van der Waals surface area contributed by atoms with E-state index in [1.54, 1.807) is 29.1 Å². The first-order valence-electron chi connectivity index (χ1n) is 12.2. The van der Waals surface area contributed by atoms with E-state index in [1.165, 1.54) is 6.92 Å². The summed E-state index contributed by atoms with van der Waals surface area (Å²) in [5.41, 5.74) is 4.07. The Kier molecular flexibility index (Phi) is 6.86. The monoisotopic (exact) mass is 505 g/mol. The molecule has 0 radical (unpaired) electrons. The second kappa shape index (κ2) is 10.6. The van der Waals surface area contributed by atoms with Gasteiger partial charge in [-0.15, -0.1) is 0 Å². The van der Waals surface area contributed by atoms with Crippen LogP contribution >= 0.6 is 0 Å². The lowest BCUT2D eigenvalue weighted by atomic mass is 10.1. The molecular weight excluding hydrogens is 478 g/mol. The highest BCUT2D eigenvalue weighted by Crippen LogP contribution is 2.34. The number of amides is 2. The van der Waals surface area contributed by atoms with E-state index >= 15 is 0 Å². The average molecular weight is 506 g/mol. The first-order chi connectivity index (χ1) is 18.4. The normalized spacial score (nSPS) is 10.8. The number of carbonyl (C=O) groups is 2. The summed E-state index contributed by atoms with van der Waals surface area (Å²) in [5, 5.41) is 12.1. The molecule has 5 aromatic rings. The number of aryl methyl sites for hydroxylation is 2. The van der Waals surface area contributed by atoms with Crippen molar-refractivity contribution in [3.8, 4) is 17.2 Å². The number of anilines is 2. The maximum absolute atomic E-state index is 13.0. The van der Waals surface area contributed by atoms with Crippen molar-refractivity contribution in [3.63, 3.8) is 0 Å². The fourth-order valence-electron chi connectivity index (χ4n) is 4.21. The minimum atomic E-state index is -0.389. The molecule has 8 heteroatoms. The molecule has 0 aliphatic heterocycles. The molecule has 8 nitrogen and oxygen atoms in total. The van der Waals surface area contributed by atoms with Crippen LogP contribution in [-0.4, -0.2) is 26.6 Å². The van der Waals surface area contributed by atoms with Crippen LogP contribution in [0.2, 0.25) is 0 Å². The van der Waals surface area contributed by atoms with Crippen LogP contribution in [-0.2, 0) is 11.2 Å². The molecule has 5 rings (SSSR count). The fraction of sp³-hybridized carbons (Fsp3) is 0.133. The van der Waals surface area contributed by atoms with Gasteiger partial charge in [-0.1, -0.05) is 42.0 Å². The number of ether oxygens (including phenoxy) is 1. The van der Waals surface area contributed by atoms with E-state index in [2.05, 4.69) is 20.7 Å². The predicted molar refractivity (Wildman–Crippen MR) is 148 cm³/mol. The summed E-state index contributed by atoms with van der Waals surface area (Å²) in [6.07, 6.45) is 1.87. The van der Waals surface area contributed by atoms with Gasteiger partial charge >= 0.3 is 6.03 Å². The Hall–Kier alpha value is -4.98. The summed E-state index contributed by atoms with van der Waals surface area (Å²) in [6, 6.07) is 24.2. The van der Waals surface area contributed by atoms with Crippen LogP contribution in [0.3, 0.4) is 0 Å². The summed E-state index contributed by atoms with van der Waals surface area (Å²) in [6.45, 7) is 5.43. The van der Waals surface area contributed by atoms with Crippen molar-refractivity contribution in [3.05, 3.63) is 102 Å². The number of urea groups is 1. The highest BCUT2D eigenvalue weighted by Gasteiger charge is 2.14. The number of aromatic nitrogens is 3. The lowest BCUT2D eigenvalue weighted by Crippen LogP contribution is -2.21. The van der Waals surface area contributed by atoms with Gasteiger partial charge in [-0.3, -0.25) is 15.1 Å². The SMILES string of the molecule is CC(=O)Cc1cc(Oc2ccc(NC(=O)Nc3cc(C)nn3-c3ccc(C)cc3)c3ccccc23)ccn1. The molecule has 2 heterocycles. The quantitative estimate of drug-likeness (QED) is 0.260.